The average Bonchev–Trinajstić information content (AvgIpc) is 2.65. The fraction of sp³-hybridized carbons (Fsp3) is 0.450. The van der Waals surface area contributed by atoms with Gasteiger partial charge in [0.15, 0.2) is 0 Å². The predicted octanol–water partition coefficient (Wildman–Crippen LogP) is 1.90. The van der Waals surface area contributed by atoms with Crippen LogP contribution in [0.15, 0.2) is 22.1 Å². The van der Waals surface area contributed by atoms with Crippen LogP contribution in [0.1, 0.15) is 22.8 Å². The van der Waals surface area contributed by atoms with Crippen molar-refractivity contribution in [3.8, 4) is 0 Å². The summed E-state index contributed by atoms with van der Waals surface area (Å²) in [5, 5.41) is 9.32. The molecular formula is C20H25FN4O3. The van der Waals surface area contributed by atoms with Gasteiger partial charge in [-0.1, -0.05) is 0 Å². The van der Waals surface area contributed by atoms with E-state index in [2.05, 4.69) is 9.89 Å². The lowest BCUT2D eigenvalue weighted by Crippen LogP contribution is -2.48. The third-order valence-electron chi connectivity index (χ3n) is 5.38. The van der Waals surface area contributed by atoms with Gasteiger partial charge < -0.3 is 14.6 Å². The van der Waals surface area contributed by atoms with E-state index in [1.807, 2.05) is 11.8 Å². The highest BCUT2D eigenvalue weighted by molar-refractivity contribution is 5.95. The summed E-state index contributed by atoms with van der Waals surface area (Å²) >= 11 is 0. The first-order valence-corrected chi connectivity index (χ1v) is 9.20. The second kappa shape index (κ2) is 7.71. The van der Waals surface area contributed by atoms with E-state index in [0.29, 0.717) is 29.9 Å². The van der Waals surface area contributed by atoms with Crippen LogP contribution in [-0.2, 0) is 7.05 Å². The molecule has 0 radical (unpaired) electrons. The summed E-state index contributed by atoms with van der Waals surface area (Å²) in [6, 6.07) is 1.17. The van der Waals surface area contributed by atoms with Crippen LogP contribution >= 0.6 is 0 Å². The van der Waals surface area contributed by atoms with Crippen molar-refractivity contribution in [3.63, 3.8) is 0 Å². The van der Waals surface area contributed by atoms with Gasteiger partial charge in [-0.15, -0.1) is 0 Å². The van der Waals surface area contributed by atoms with Crippen molar-refractivity contribution in [2.45, 2.75) is 13.8 Å². The predicted molar refractivity (Wildman–Crippen MR) is 109 cm³/mol. The summed E-state index contributed by atoms with van der Waals surface area (Å²) in [4.78, 5) is 32.3. The van der Waals surface area contributed by atoms with Gasteiger partial charge in [-0.05, 0) is 25.5 Å². The minimum absolute atomic E-state index is 0.0922. The van der Waals surface area contributed by atoms with Gasteiger partial charge in [0.25, 0.3) is 0 Å². The van der Waals surface area contributed by atoms with Crippen LogP contribution in [0, 0.1) is 12.7 Å². The highest BCUT2D eigenvalue weighted by Crippen LogP contribution is 2.31. The van der Waals surface area contributed by atoms with Gasteiger partial charge in [0.05, 0.1) is 11.2 Å². The molecule has 0 unspecified atom stereocenters. The number of aliphatic imine (C=N–C) groups is 1. The van der Waals surface area contributed by atoms with E-state index in [4.69, 9.17) is 0 Å². The first-order valence-electron chi connectivity index (χ1n) is 9.20. The Hall–Kier alpha value is -2.74. The van der Waals surface area contributed by atoms with Crippen LogP contribution in [0.25, 0.3) is 10.9 Å². The molecule has 2 heterocycles. The molecule has 7 nitrogen and oxygen atoms in total. The summed E-state index contributed by atoms with van der Waals surface area (Å²) in [5.41, 5.74) is 1.72. The number of aryl methyl sites for hydroxylation is 2. The van der Waals surface area contributed by atoms with Crippen molar-refractivity contribution in [3.05, 3.63) is 39.4 Å². The number of rotatable bonds is 4. The van der Waals surface area contributed by atoms with Crippen molar-refractivity contribution < 1.29 is 14.3 Å². The van der Waals surface area contributed by atoms with Gasteiger partial charge in [-0.25, -0.2) is 9.18 Å². The molecular weight excluding hydrogens is 363 g/mol. The third kappa shape index (κ3) is 3.52. The maximum absolute atomic E-state index is 15.0. The lowest BCUT2D eigenvalue weighted by molar-refractivity contribution is 0.0695. The largest absolute Gasteiger partial charge is 0.477 e. The maximum Gasteiger partial charge on any atom is 0.341 e. The SMILES string of the molecule is CN=C(C)CN1CCN(c2c(F)cc3c(=O)c(C(=O)O)cn(C)c3c2C)CC1. The third-order valence-corrected chi connectivity index (χ3v) is 5.38. The van der Waals surface area contributed by atoms with Crippen LogP contribution in [0.5, 0.6) is 0 Å². The molecule has 1 fully saturated rings. The molecule has 0 atom stereocenters. The number of benzene rings is 1. The fourth-order valence-electron chi connectivity index (χ4n) is 3.91. The number of aromatic nitrogens is 1. The zero-order valence-corrected chi connectivity index (χ0v) is 16.6. The van der Waals surface area contributed by atoms with Crippen LogP contribution in [0.4, 0.5) is 10.1 Å². The Bertz CT molecular complexity index is 1020. The molecule has 1 N–H and O–H groups in total. The molecule has 0 saturated carbocycles. The smallest absolute Gasteiger partial charge is 0.341 e. The van der Waals surface area contributed by atoms with E-state index < -0.39 is 17.2 Å². The average molecular weight is 388 g/mol. The number of piperazine rings is 1. The zero-order valence-electron chi connectivity index (χ0n) is 16.6. The molecule has 0 amide bonds. The van der Waals surface area contributed by atoms with E-state index >= 15 is 4.39 Å². The molecule has 2 aromatic rings. The second-order valence-corrected chi connectivity index (χ2v) is 7.24. The van der Waals surface area contributed by atoms with Crippen LogP contribution < -0.4 is 10.3 Å². The molecule has 1 aromatic heterocycles. The lowest BCUT2D eigenvalue weighted by atomic mass is 10.0. The van der Waals surface area contributed by atoms with Crippen molar-refractivity contribution in [2.75, 3.05) is 44.7 Å². The lowest BCUT2D eigenvalue weighted by Gasteiger charge is -2.37. The summed E-state index contributed by atoms with van der Waals surface area (Å²) < 4.78 is 16.6. The Labute approximate surface area is 162 Å². The minimum Gasteiger partial charge on any atom is -0.477 e. The molecule has 0 spiro atoms. The zero-order chi connectivity index (χ0) is 20.6. The van der Waals surface area contributed by atoms with Gasteiger partial charge in [0, 0.05) is 64.1 Å². The first kappa shape index (κ1) is 20.0. The number of nitrogens with zero attached hydrogens (tertiary/aromatic N) is 4. The van der Waals surface area contributed by atoms with Crippen LogP contribution in [0.3, 0.4) is 0 Å². The molecule has 0 bridgehead atoms. The number of halogens is 1. The normalized spacial score (nSPS) is 16.0. The number of carboxylic acid groups (broad SMARTS) is 1. The molecule has 150 valence electrons. The summed E-state index contributed by atoms with van der Waals surface area (Å²) in [6.07, 6.45) is 1.30. The minimum atomic E-state index is -1.31. The van der Waals surface area contributed by atoms with E-state index in [1.165, 1.54) is 12.3 Å². The highest BCUT2D eigenvalue weighted by atomic mass is 19.1. The Morgan fingerprint density at radius 3 is 2.50 bits per heavy atom. The van der Waals surface area contributed by atoms with Crippen molar-refractivity contribution >= 4 is 28.3 Å². The number of anilines is 1. The molecule has 1 saturated heterocycles. The van der Waals surface area contributed by atoms with E-state index in [9.17, 15) is 14.7 Å². The number of carbonyl (C=O) groups is 1. The Kier molecular flexibility index (Phi) is 5.51. The van der Waals surface area contributed by atoms with Gasteiger partial charge in [0.1, 0.15) is 11.4 Å². The standard InChI is InChI=1S/C20H25FN4O3/c1-12(22-3)10-24-5-7-25(8-6-24)18-13(2)17-14(9-16(18)21)19(26)15(20(27)28)11-23(17)4/h9,11H,5-8,10H2,1-4H3,(H,27,28). The Balaban J connectivity index is 2.00. The molecule has 1 aromatic carbocycles. The van der Waals surface area contributed by atoms with E-state index in [0.717, 1.165) is 25.3 Å². The number of hydrogen-bond acceptors (Lipinski definition) is 5. The van der Waals surface area contributed by atoms with Crippen molar-refractivity contribution in [1.82, 2.24) is 9.47 Å². The van der Waals surface area contributed by atoms with Crippen LogP contribution in [0.2, 0.25) is 0 Å². The Morgan fingerprint density at radius 2 is 1.93 bits per heavy atom. The number of hydrogen-bond donors (Lipinski definition) is 1. The topological polar surface area (TPSA) is 78.1 Å². The molecule has 1 aliphatic heterocycles. The summed E-state index contributed by atoms with van der Waals surface area (Å²) in [5.74, 6) is -1.81. The van der Waals surface area contributed by atoms with Gasteiger partial charge in [0.2, 0.25) is 5.43 Å². The quantitative estimate of drug-likeness (QED) is 0.810. The van der Waals surface area contributed by atoms with Crippen molar-refractivity contribution in [2.24, 2.45) is 12.0 Å². The number of carboxylic acids is 1. The number of pyridine rings is 1. The first-order chi connectivity index (χ1) is 13.2. The molecule has 3 rings (SSSR count). The van der Waals surface area contributed by atoms with E-state index in [1.54, 1.807) is 25.6 Å². The molecule has 0 aliphatic carbocycles. The monoisotopic (exact) mass is 388 g/mol. The van der Waals surface area contributed by atoms with Gasteiger partial charge >= 0.3 is 5.97 Å². The Morgan fingerprint density at radius 1 is 1.29 bits per heavy atom. The summed E-state index contributed by atoms with van der Waals surface area (Å²) in [7, 11) is 3.45. The maximum atomic E-state index is 15.0. The second-order valence-electron chi connectivity index (χ2n) is 7.24. The van der Waals surface area contributed by atoms with Crippen LogP contribution in [-0.4, -0.2) is 66.0 Å². The van der Waals surface area contributed by atoms with Crippen molar-refractivity contribution in [1.29, 1.82) is 0 Å². The fourth-order valence-corrected chi connectivity index (χ4v) is 3.91. The number of fused-ring (bicyclic) bond motifs is 1. The number of aromatic carboxylic acids is 1. The highest BCUT2D eigenvalue weighted by Gasteiger charge is 2.24. The molecule has 28 heavy (non-hydrogen) atoms. The molecule has 8 heteroatoms. The molecule has 1 aliphatic rings. The van der Waals surface area contributed by atoms with Gasteiger partial charge in [-0.2, -0.15) is 0 Å². The summed E-state index contributed by atoms with van der Waals surface area (Å²) in [6.45, 7) is 7.49. The van der Waals surface area contributed by atoms with Gasteiger partial charge in [-0.3, -0.25) is 14.7 Å². The van der Waals surface area contributed by atoms with E-state index in [-0.39, 0.29) is 10.9 Å².